The first kappa shape index (κ1) is 29.2. The summed E-state index contributed by atoms with van der Waals surface area (Å²) in [7, 11) is 0. The number of hydrogen-bond acceptors (Lipinski definition) is 2. The number of carbonyl (C=O) groups excluding carboxylic acids is 1. The lowest BCUT2D eigenvalue weighted by Gasteiger charge is -2.61. The zero-order valence-corrected chi connectivity index (χ0v) is 19.3. The number of rotatable bonds is 8. The smallest absolute Gasteiger partial charge is 0.458 e. The van der Waals surface area contributed by atoms with Crippen LogP contribution in [0.25, 0.3) is 0 Å². The minimum Gasteiger partial charge on any atom is -0.458 e. The van der Waals surface area contributed by atoms with Gasteiger partial charge in [-0.2, -0.15) is 52.7 Å². The van der Waals surface area contributed by atoms with Crippen LogP contribution in [0.3, 0.4) is 0 Å². The second-order valence-corrected chi connectivity index (χ2v) is 10.7. The summed E-state index contributed by atoms with van der Waals surface area (Å²) < 4.78 is 167. The van der Waals surface area contributed by atoms with E-state index in [-0.39, 0.29) is 37.5 Å². The molecule has 0 saturated heterocycles. The van der Waals surface area contributed by atoms with E-state index in [4.69, 9.17) is 4.74 Å². The standard InChI is InChI=1S/C22H26F12O2/c1-3-16(2,21(29,30)31)15(35)36-17(13-7-11-6-12(9-13)10-14(17)8-11)4-5-18(23,24)19(25,26)20(27,28)22(32,33)34/h11-14H,3-10H2,1-2H3. The third kappa shape index (κ3) is 4.25. The topological polar surface area (TPSA) is 26.3 Å². The maximum absolute atomic E-state index is 14.4. The van der Waals surface area contributed by atoms with Crippen LogP contribution < -0.4 is 0 Å². The van der Waals surface area contributed by atoms with Crippen LogP contribution in [0.4, 0.5) is 52.7 Å². The van der Waals surface area contributed by atoms with Gasteiger partial charge in [-0.1, -0.05) is 6.92 Å². The summed E-state index contributed by atoms with van der Waals surface area (Å²) in [6.07, 6.45) is -14.7. The molecule has 0 aliphatic heterocycles. The minimum absolute atomic E-state index is 0.0380. The van der Waals surface area contributed by atoms with E-state index < -0.39 is 78.2 Å². The molecule has 0 aromatic heterocycles. The molecule has 1 atom stereocenters. The number of esters is 1. The van der Waals surface area contributed by atoms with Crippen LogP contribution in [0.15, 0.2) is 0 Å². The van der Waals surface area contributed by atoms with Crippen molar-refractivity contribution in [2.75, 3.05) is 0 Å². The molecule has 0 amide bonds. The van der Waals surface area contributed by atoms with Gasteiger partial charge in [-0.05, 0) is 75.5 Å². The Hall–Kier alpha value is -1.37. The Balaban J connectivity index is 1.96. The van der Waals surface area contributed by atoms with E-state index in [0.717, 1.165) is 13.3 Å². The fourth-order valence-corrected chi connectivity index (χ4v) is 6.27. The van der Waals surface area contributed by atoms with Crippen molar-refractivity contribution in [3.8, 4) is 0 Å². The molecular weight excluding hydrogens is 524 g/mol. The fraction of sp³-hybridized carbons (Fsp3) is 0.955. The first-order chi connectivity index (χ1) is 16.1. The van der Waals surface area contributed by atoms with Crippen LogP contribution in [0.1, 0.15) is 65.2 Å². The summed E-state index contributed by atoms with van der Waals surface area (Å²) in [6.45, 7) is 1.57. The van der Waals surface area contributed by atoms with E-state index in [1.807, 2.05) is 0 Å². The molecule has 4 rings (SSSR count). The van der Waals surface area contributed by atoms with Crippen LogP contribution in [0.2, 0.25) is 0 Å². The van der Waals surface area contributed by atoms with Crippen LogP contribution in [-0.2, 0) is 9.53 Å². The number of carbonyl (C=O) groups is 1. The van der Waals surface area contributed by atoms with Gasteiger partial charge in [0.15, 0.2) is 5.41 Å². The van der Waals surface area contributed by atoms with Crippen molar-refractivity contribution < 1.29 is 62.2 Å². The van der Waals surface area contributed by atoms with E-state index >= 15 is 0 Å². The summed E-state index contributed by atoms with van der Waals surface area (Å²) in [4.78, 5) is 12.8. The normalized spacial score (nSPS) is 32.9. The van der Waals surface area contributed by atoms with Crippen molar-refractivity contribution >= 4 is 5.97 Å². The second-order valence-electron chi connectivity index (χ2n) is 10.7. The Kier molecular flexibility index (Phi) is 6.95. The number of hydrogen-bond donors (Lipinski definition) is 0. The molecule has 0 heterocycles. The molecule has 4 aliphatic carbocycles. The third-order valence-corrected chi connectivity index (χ3v) is 8.63. The van der Waals surface area contributed by atoms with Gasteiger partial charge in [0.2, 0.25) is 0 Å². The Morgan fingerprint density at radius 3 is 1.56 bits per heavy atom. The zero-order chi connectivity index (χ0) is 27.8. The molecule has 0 N–H and O–H groups in total. The molecule has 4 saturated carbocycles. The lowest BCUT2D eigenvalue weighted by atomic mass is 9.48. The second kappa shape index (κ2) is 8.57. The van der Waals surface area contributed by atoms with Gasteiger partial charge in [0.05, 0.1) is 0 Å². The highest BCUT2D eigenvalue weighted by Gasteiger charge is 2.81. The highest BCUT2D eigenvalue weighted by molar-refractivity contribution is 5.78. The minimum atomic E-state index is -7.07. The third-order valence-electron chi connectivity index (χ3n) is 8.63. The molecule has 4 fully saturated rings. The van der Waals surface area contributed by atoms with Gasteiger partial charge in [-0.25, -0.2) is 0 Å². The van der Waals surface area contributed by atoms with Crippen LogP contribution in [-0.4, -0.2) is 41.7 Å². The van der Waals surface area contributed by atoms with Crippen LogP contribution in [0.5, 0.6) is 0 Å². The van der Waals surface area contributed by atoms with E-state index in [1.54, 1.807) is 0 Å². The highest BCUT2D eigenvalue weighted by Crippen LogP contribution is 2.63. The summed E-state index contributed by atoms with van der Waals surface area (Å²) in [5.41, 5.74) is -5.18. The van der Waals surface area contributed by atoms with E-state index in [0.29, 0.717) is 6.92 Å². The maximum atomic E-state index is 14.4. The van der Waals surface area contributed by atoms with Crippen molar-refractivity contribution in [1.29, 1.82) is 0 Å². The quantitative estimate of drug-likeness (QED) is 0.227. The van der Waals surface area contributed by atoms with Crippen LogP contribution >= 0.6 is 0 Å². The van der Waals surface area contributed by atoms with Crippen molar-refractivity contribution in [2.24, 2.45) is 29.1 Å². The van der Waals surface area contributed by atoms with Crippen molar-refractivity contribution in [2.45, 2.75) is 101 Å². The monoisotopic (exact) mass is 550 g/mol. The lowest BCUT2D eigenvalue weighted by molar-refractivity contribution is -0.397. The van der Waals surface area contributed by atoms with Crippen LogP contribution in [0, 0.1) is 29.1 Å². The maximum Gasteiger partial charge on any atom is 0.460 e. The highest BCUT2D eigenvalue weighted by atomic mass is 19.4. The summed E-state index contributed by atoms with van der Waals surface area (Å²) >= 11 is 0. The largest absolute Gasteiger partial charge is 0.460 e. The molecule has 14 heteroatoms. The van der Waals surface area contributed by atoms with E-state index in [2.05, 4.69) is 0 Å². The van der Waals surface area contributed by atoms with Gasteiger partial charge in [-0.15, -0.1) is 0 Å². The Morgan fingerprint density at radius 1 is 0.750 bits per heavy atom. The van der Waals surface area contributed by atoms with Gasteiger partial charge in [0, 0.05) is 6.42 Å². The summed E-state index contributed by atoms with van der Waals surface area (Å²) in [6, 6.07) is 0. The van der Waals surface area contributed by atoms with Gasteiger partial charge in [0.25, 0.3) is 0 Å². The number of halogens is 12. The number of ether oxygens (including phenoxy) is 1. The Morgan fingerprint density at radius 2 is 1.19 bits per heavy atom. The summed E-state index contributed by atoms with van der Waals surface area (Å²) in [5, 5.41) is 0. The average Bonchev–Trinajstić information content (AvgIpc) is 2.72. The molecule has 0 spiro atoms. The molecule has 0 radical (unpaired) electrons. The van der Waals surface area contributed by atoms with Gasteiger partial charge >= 0.3 is 36.1 Å². The molecule has 2 nitrogen and oxygen atoms in total. The first-order valence-electron chi connectivity index (χ1n) is 11.6. The zero-order valence-electron chi connectivity index (χ0n) is 19.3. The molecule has 36 heavy (non-hydrogen) atoms. The molecule has 210 valence electrons. The molecular formula is C22H26F12O2. The van der Waals surface area contributed by atoms with Crippen molar-refractivity contribution in [3.05, 3.63) is 0 Å². The van der Waals surface area contributed by atoms with Crippen molar-refractivity contribution in [1.82, 2.24) is 0 Å². The predicted molar refractivity (Wildman–Crippen MR) is 100 cm³/mol. The molecule has 4 aliphatic rings. The predicted octanol–water partition coefficient (Wildman–Crippen LogP) is 7.95. The summed E-state index contributed by atoms with van der Waals surface area (Å²) in [5.74, 6) is -23.2. The fourth-order valence-electron chi connectivity index (χ4n) is 6.27. The van der Waals surface area contributed by atoms with Gasteiger partial charge in [0.1, 0.15) is 5.60 Å². The molecule has 4 bridgehead atoms. The van der Waals surface area contributed by atoms with E-state index in [9.17, 15) is 57.5 Å². The number of alkyl halides is 12. The Bertz CT molecular complexity index is 819. The first-order valence-corrected chi connectivity index (χ1v) is 11.6. The average molecular weight is 550 g/mol. The van der Waals surface area contributed by atoms with Gasteiger partial charge < -0.3 is 4.74 Å². The SMILES string of the molecule is CCC(C)(C(=O)OC1(CCC(F)(F)C(F)(F)C(F)(F)C(F)(F)F)C2CC3CC(C2)CC1C3)C(F)(F)F. The van der Waals surface area contributed by atoms with E-state index in [1.165, 1.54) is 0 Å². The molecule has 0 aromatic carbocycles. The van der Waals surface area contributed by atoms with Crippen molar-refractivity contribution in [3.63, 3.8) is 0 Å². The Labute approximate surface area is 199 Å². The van der Waals surface area contributed by atoms with Gasteiger partial charge in [-0.3, -0.25) is 4.79 Å². The lowest BCUT2D eigenvalue weighted by Crippen LogP contribution is -2.63. The molecule has 0 aromatic rings. The molecule has 1 unspecified atom stereocenters.